The summed E-state index contributed by atoms with van der Waals surface area (Å²) in [7, 11) is 2.94. The fourth-order valence-electron chi connectivity index (χ4n) is 3.29. The molecule has 0 bridgehead atoms. The highest BCUT2D eigenvalue weighted by molar-refractivity contribution is 7.10. The van der Waals surface area contributed by atoms with Gasteiger partial charge < -0.3 is 9.47 Å². The molecule has 0 amide bonds. The van der Waals surface area contributed by atoms with E-state index in [-0.39, 0.29) is 5.56 Å². The van der Waals surface area contributed by atoms with Gasteiger partial charge in [0.05, 0.1) is 30.0 Å². The molecular formula is C21H18N2O4S2. The van der Waals surface area contributed by atoms with Crippen LogP contribution in [-0.2, 0) is 9.53 Å². The fraction of sp³-hybridized carbons (Fsp3) is 0.190. The Hall–Kier alpha value is -2.97. The first-order chi connectivity index (χ1) is 14.0. The van der Waals surface area contributed by atoms with Crippen LogP contribution in [0.15, 0.2) is 62.8 Å². The Morgan fingerprint density at radius 2 is 2.07 bits per heavy atom. The standard InChI is InChI=1S/C21H18N2O4S2/c1-12-17(20(25)27-3)18(15-8-5-9-28-15)23-19(24)16(29-21(23)22-12)11-13-6-4-7-14(10-13)26-2/h4-11,18H,1-3H3/b16-11+/t18-/m1/s1. The van der Waals surface area contributed by atoms with Gasteiger partial charge in [-0.2, -0.15) is 0 Å². The molecule has 0 radical (unpaired) electrons. The van der Waals surface area contributed by atoms with Gasteiger partial charge in [0.15, 0.2) is 4.80 Å². The molecule has 1 atom stereocenters. The first-order valence-corrected chi connectivity index (χ1v) is 10.5. The molecule has 1 aromatic carbocycles. The van der Waals surface area contributed by atoms with E-state index >= 15 is 0 Å². The highest BCUT2D eigenvalue weighted by Crippen LogP contribution is 2.32. The van der Waals surface area contributed by atoms with Crippen molar-refractivity contribution in [2.45, 2.75) is 13.0 Å². The van der Waals surface area contributed by atoms with E-state index in [4.69, 9.17) is 9.47 Å². The SMILES string of the molecule is COC(=O)C1=C(C)N=c2s/c(=C/c3cccc(OC)c3)c(=O)n2[C@@H]1c1cccs1. The first kappa shape index (κ1) is 19.4. The van der Waals surface area contributed by atoms with Crippen molar-refractivity contribution < 1.29 is 14.3 Å². The zero-order valence-corrected chi connectivity index (χ0v) is 17.7. The van der Waals surface area contributed by atoms with Crippen molar-refractivity contribution in [3.63, 3.8) is 0 Å². The number of esters is 1. The lowest BCUT2D eigenvalue weighted by Gasteiger charge is -2.22. The van der Waals surface area contributed by atoms with Crippen LogP contribution in [0.5, 0.6) is 5.75 Å². The topological polar surface area (TPSA) is 69.9 Å². The van der Waals surface area contributed by atoms with E-state index in [1.165, 1.54) is 29.8 Å². The smallest absolute Gasteiger partial charge is 0.338 e. The molecule has 3 heterocycles. The van der Waals surface area contributed by atoms with E-state index in [1.807, 2.05) is 47.9 Å². The lowest BCUT2D eigenvalue weighted by Crippen LogP contribution is -2.39. The Labute approximate surface area is 174 Å². The molecular weight excluding hydrogens is 408 g/mol. The van der Waals surface area contributed by atoms with E-state index in [0.29, 0.717) is 26.4 Å². The number of methoxy groups -OCH3 is 2. The average Bonchev–Trinajstić information content (AvgIpc) is 3.35. The Balaban J connectivity index is 1.95. The number of carbonyl (C=O) groups excluding carboxylic acids is 1. The second-order valence-electron chi connectivity index (χ2n) is 6.37. The van der Waals surface area contributed by atoms with Gasteiger partial charge in [0.1, 0.15) is 11.8 Å². The third-order valence-electron chi connectivity index (χ3n) is 4.63. The van der Waals surface area contributed by atoms with Crippen LogP contribution in [0.4, 0.5) is 0 Å². The van der Waals surface area contributed by atoms with Crippen LogP contribution < -0.4 is 19.6 Å². The van der Waals surface area contributed by atoms with Gasteiger partial charge in [0.2, 0.25) is 0 Å². The number of hydrogen-bond acceptors (Lipinski definition) is 7. The molecule has 3 aromatic rings. The van der Waals surface area contributed by atoms with Crippen LogP contribution in [0, 0.1) is 0 Å². The van der Waals surface area contributed by atoms with Crippen molar-refractivity contribution in [1.82, 2.24) is 4.57 Å². The maximum Gasteiger partial charge on any atom is 0.338 e. The molecule has 0 aliphatic carbocycles. The van der Waals surface area contributed by atoms with Gasteiger partial charge in [0, 0.05) is 4.88 Å². The maximum absolute atomic E-state index is 13.3. The number of thiophene rings is 1. The Bertz CT molecular complexity index is 1280. The maximum atomic E-state index is 13.3. The van der Waals surface area contributed by atoms with Crippen LogP contribution in [-0.4, -0.2) is 24.8 Å². The van der Waals surface area contributed by atoms with E-state index in [2.05, 4.69) is 4.99 Å². The monoisotopic (exact) mass is 426 g/mol. The summed E-state index contributed by atoms with van der Waals surface area (Å²) < 4.78 is 12.4. The van der Waals surface area contributed by atoms with Crippen LogP contribution in [0.3, 0.4) is 0 Å². The summed E-state index contributed by atoms with van der Waals surface area (Å²) in [6.07, 6.45) is 1.81. The van der Waals surface area contributed by atoms with Gasteiger partial charge in [-0.25, -0.2) is 9.79 Å². The fourth-order valence-corrected chi connectivity index (χ4v) is 5.16. The Morgan fingerprint density at radius 3 is 2.76 bits per heavy atom. The number of hydrogen-bond donors (Lipinski definition) is 0. The summed E-state index contributed by atoms with van der Waals surface area (Å²) in [6, 6.07) is 10.7. The summed E-state index contributed by atoms with van der Waals surface area (Å²) >= 11 is 2.79. The predicted molar refractivity (Wildman–Crippen MR) is 113 cm³/mol. The zero-order valence-electron chi connectivity index (χ0n) is 16.0. The van der Waals surface area contributed by atoms with Gasteiger partial charge in [-0.15, -0.1) is 11.3 Å². The second kappa shape index (κ2) is 7.81. The van der Waals surface area contributed by atoms with Crippen molar-refractivity contribution in [1.29, 1.82) is 0 Å². The van der Waals surface area contributed by atoms with Gasteiger partial charge in [-0.05, 0) is 42.1 Å². The number of carbonyl (C=O) groups is 1. The second-order valence-corrected chi connectivity index (χ2v) is 8.35. The van der Waals surface area contributed by atoms with Crippen molar-refractivity contribution in [3.8, 4) is 5.75 Å². The molecule has 4 rings (SSSR count). The number of rotatable bonds is 4. The Morgan fingerprint density at radius 1 is 1.24 bits per heavy atom. The molecule has 0 saturated carbocycles. The number of benzene rings is 1. The first-order valence-electron chi connectivity index (χ1n) is 8.82. The van der Waals surface area contributed by atoms with Gasteiger partial charge in [0.25, 0.3) is 5.56 Å². The van der Waals surface area contributed by atoms with Crippen molar-refractivity contribution in [2.24, 2.45) is 4.99 Å². The summed E-state index contributed by atoms with van der Waals surface area (Å²) in [5.41, 5.74) is 1.61. The lowest BCUT2D eigenvalue weighted by atomic mass is 10.0. The van der Waals surface area contributed by atoms with E-state index in [1.54, 1.807) is 18.6 Å². The molecule has 148 valence electrons. The Kier molecular flexibility index (Phi) is 5.21. The van der Waals surface area contributed by atoms with E-state index in [0.717, 1.165) is 10.4 Å². The largest absolute Gasteiger partial charge is 0.497 e. The molecule has 1 aliphatic heterocycles. The van der Waals surface area contributed by atoms with Crippen LogP contribution >= 0.6 is 22.7 Å². The normalized spacial score (nSPS) is 16.4. The van der Waals surface area contributed by atoms with Crippen LogP contribution in [0.2, 0.25) is 0 Å². The van der Waals surface area contributed by atoms with E-state index in [9.17, 15) is 9.59 Å². The summed E-state index contributed by atoms with van der Waals surface area (Å²) in [4.78, 5) is 31.8. The number of aromatic nitrogens is 1. The molecule has 8 heteroatoms. The molecule has 1 aliphatic rings. The lowest BCUT2D eigenvalue weighted by molar-refractivity contribution is -0.136. The quantitative estimate of drug-likeness (QED) is 0.601. The summed E-state index contributed by atoms with van der Waals surface area (Å²) in [6.45, 7) is 1.77. The zero-order chi connectivity index (χ0) is 20.5. The minimum Gasteiger partial charge on any atom is -0.497 e. The van der Waals surface area contributed by atoms with Crippen molar-refractivity contribution >= 4 is 34.7 Å². The minimum absolute atomic E-state index is 0.191. The van der Waals surface area contributed by atoms with Gasteiger partial charge in [-0.3, -0.25) is 9.36 Å². The van der Waals surface area contributed by atoms with Crippen LogP contribution in [0.1, 0.15) is 23.4 Å². The highest BCUT2D eigenvalue weighted by atomic mass is 32.1. The van der Waals surface area contributed by atoms with E-state index < -0.39 is 12.0 Å². The molecule has 29 heavy (non-hydrogen) atoms. The molecule has 6 nitrogen and oxygen atoms in total. The molecule has 0 saturated heterocycles. The summed E-state index contributed by atoms with van der Waals surface area (Å²) in [5.74, 6) is 0.235. The number of ether oxygens (including phenoxy) is 2. The van der Waals surface area contributed by atoms with Crippen molar-refractivity contribution in [3.05, 3.63) is 83.2 Å². The molecule has 2 aromatic heterocycles. The molecule has 0 spiro atoms. The average molecular weight is 427 g/mol. The molecule has 0 fully saturated rings. The van der Waals surface area contributed by atoms with Gasteiger partial charge in [-0.1, -0.05) is 29.5 Å². The predicted octanol–water partition coefficient (Wildman–Crippen LogP) is 2.48. The number of allylic oxidation sites excluding steroid dienone is 1. The third-order valence-corrected chi connectivity index (χ3v) is 6.54. The molecule has 0 unspecified atom stereocenters. The highest BCUT2D eigenvalue weighted by Gasteiger charge is 2.33. The summed E-state index contributed by atoms with van der Waals surface area (Å²) in [5, 5.41) is 1.92. The van der Waals surface area contributed by atoms with Crippen molar-refractivity contribution in [2.75, 3.05) is 14.2 Å². The molecule has 0 N–H and O–H groups in total. The van der Waals surface area contributed by atoms with Crippen LogP contribution in [0.25, 0.3) is 6.08 Å². The minimum atomic E-state index is -0.550. The van der Waals surface area contributed by atoms with Gasteiger partial charge >= 0.3 is 5.97 Å². The number of fused-ring (bicyclic) bond motifs is 1. The number of nitrogens with zero attached hydrogens (tertiary/aromatic N) is 2. The third kappa shape index (κ3) is 3.45. The number of thiazole rings is 1.